The highest BCUT2D eigenvalue weighted by Gasteiger charge is 2.08. The number of carbonyl (C=O) groups excluding carboxylic acids is 1. The minimum atomic E-state index is -0.297. The molecular weight excluding hydrogens is 284 g/mol. The third-order valence-corrected chi connectivity index (χ3v) is 3.25. The van der Waals surface area contributed by atoms with Gasteiger partial charge >= 0.3 is 6.03 Å². The van der Waals surface area contributed by atoms with Crippen molar-refractivity contribution in [3.8, 4) is 0 Å². The van der Waals surface area contributed by atoms with Crippen LogP contribution in [0.2, 0.25) is 0 Å². The second-order valence-corrected chi connectivity index (χ2v) is 4.87. The van der Waals surface area contributed by atoms with E-state index in [1.807, 2.05) is 25.1 Å². The van der Waals surface area contributed by atoms with Gasteiger partial charge in [0.05, 0.1) is 6.20 Å². The number of aromatic nitrogens is 4. The smallest absolute Gasteiger partial charge is 0.320 e. The van der Waals surface area contributed by atoms with E-state index in [0.29, 0.717) is 24.7 Å². The summed E-state index contributed by atoms with van der Waals surface area (Å²) < 4.78 is 6.98. The Morgan fingerprint density at radius 2 is 2.27 bits per heavy atom. The van der Waals surface area contributed by atoms with Crippen molar-refractivity contribution in [1.29, 1.82) is 0 Å². The Labute approximate surface area is 126 Å². The molecule has 0 aliphatic rings. The van der Waals surface area contributed by atoms with E-state index in [1.54, 1.807) is 7.05 Å². The second kappa shape index (κ2) is 5.84. The minimum Gasteiger partial charge on any atom is -0.441 e. The normalized spacial score (nSPS) is 10.8. The molecule has 0 bridgehead atoms. The highest BCUT2D eigenvalue weighted by molar-refractivity contribution is 5.88. The van der Waals surface area contributed by atoms with Crippen molar-refractivity contribution in [2.45, 2.75) is 13.3 Å². The second-order valence-electron chi connectivity index (χ2n) is 4.87. The lowest BCUT2D eigenvalue weighted by molar-refractivity contribution is 0.252. The Morgan fingerprint density at radius 3 is 3.05 bits per heavy atom. The number of nitrogens with one attached hydrogen (secondary N) is 2. The number of fused-ring (bicyclic) bond motifs is 1. The van der Waals surface area contributed by atoms with E-state index in [-0.39, 0.29) is 6.03 Å². The predicted octanol–water partition coefficient (Wildman–Crippen LogP) is 1.63. The highest BCUT2D eigenvalue weighted by atomic mass is 16.3. The lowest BCUT2D eigenvalue weighted by Gasteiger charge is -2.07. The van der Waals surface area contributed by atoms with Crippen molar-refractivity contribution < 1.29 is 9.21 Å². The van der Waals surface area contributed by atoms with Crippen molar-refractivity contribution in [2.24, 2.45) is 7.05 Å². The van der Waals surface area contributed by atoms with Crippen LogP contribution in [0.25, 0.3) is 11.1 Å². The number of para-hydroxylation sites is 1. The summed E-state index contributed by atoms with van der Waals surface area (Å²) in [6.45, 7) is 2.31. The first-order valence-electron chi connectivity index (χ1n) is 6.88. The Kier molecular flexibility index (Phi) is 3.73. The zero-order valence-corrected chi connectivity index (χ0v) is 12.3. The summed E-state index contributed by atoms with van der Waals surface area (Å²) in [7, 11) is 1.70. The average Bonchev–Trinajstić information content (AvgIpc) is 3.05. The monoisotopic (exact) mass is 300 g/mol. The number of urea groups is 1. The van der Waals surface area contributed by atoms with Gasteiger partial charge in [0, 0.05) is 20.5 Å². The molecule has 114 valence electrons. The molecule has 0 spiro atoms. The molecular formula is C14H16N6O2. The van der Waals surface area contributed by atoms with E-state index in [0.717, 1.165) is 16.7 Å². The van der Waals surface area contributed by atoms with E-state index < -0.39 is 0 Å². The van der Waals surface area contributed by atoms with Gasteiger partial charge in [0.1, 0.15) is 5.52 Å². The van der Waals surface area contributed by atoms with Gasteiger partial charge in [0.15, 0.2) is 17.3 Å². The summed E-state index contributed by atoms with van der Waals surface area (Å²) in [4.78, 5) is 16.2. The van der Waals surface area contributed by atoms with Gasteiger partial charge in [0.2, 0.25) is 0 Å². The van der Waals surface area contributed by atoms with Crippen LogP contribution >= 0.6 is 0 Å². The first-order chi connectivity index (χ1) is 10.6. The Bertz CT molecular complexity index is 807. The van der Waals surface area contributed by atoms with Gasteiger partial charge in [-0.15, -0.1) is 5.10 Å². The molecule has 0 unspecified atom stereocenters. The quantitative estimate of drug-likeness (QED) is 0.763. The lowest BCUT2D eigenvalue weighted by atomic mass is 10.1. The highest BCUT2D eigenvalue weighted by Crippen LogP contribution is 2.19. The molecule has 1 aromatic carbocycles. The van der Waals surface area contributed by atoms with Crippen LogP contribution in [0, 0.1) is 6.92 Å². The Morgan fingerprint density at radius 1 is 1.41 bits per heavy atom. The van der Waals surface area contributed by atoms with E-state index in [2.05, 4.69) is 25.9 Å². The van der Waals surface area contributed by atoms with Crippen molar-refractivity contribution in [1.82, 2.24) is 25.3 Å². The van der Waals surface area contributed by atoms with Gasteiger partial charge in [0.25, 0.3) is 0 Å². The summed E-state index contributed by atoms with van der Waals surface area (Å²) in [6.07, 6.45) is 2.15. The predicted molar refractivity (Wildman–Crippen MR) is 80.5 cm³/mol. The van der Waals surface area contributed by atoms with Gasteiger partial charge < -0.3 is 9.73 Å². The van der Waals surface area contributed by atoms with E-state index >= 15 is 0 Å². The van der Waals surface area contributed by atoms with E-state index in [4.69, 9.17) is 4.42 Å². The number of anilines is 1. The molecule has 2 amide bonds. The lowest BCUT2D eigenvalue weighted by Crippen LogP contribution is -2.31. The largest absolute Gasteiger partial charge is 0.441 e. The molecule has 3 aromatic rings. The van der Waals surface area contributed by atoms with Crippen LogP contribution in [0.1, 0.15) is 11.5 Å². The maximum Gasteiger partial charge on any atom is 0.320 e. The molecule has 0 radical (unpaired) electrons. The molecule has 8 nitrogen and oxygen atoms in total. The van der Waals surface area contributed by atoms with Crippen LogP contribution in [0.4, 0.5) is 10.6 Å². The molecule has 0 atom stereocenters. The molecule has 3 rings (SSSR count). The van der Waals surface area contributed by atoms with Gasteiger partial charge in [-0.2, -0.15) is 0 Å². The molecule has 22 heavy (non-hydrogen) atoms. The van der Waals surface area contributed by atoms with Crippen LogP contribution in [0.3, 0.4) is 0 Å². The Hall–Kier alpha value is -2.90. The number of carbonyl (C=O) groups is 1. The number of rotatable bonds is 4. The summed E-state index contributed by atoms with van der Waals surface area (Å²) in [5, 5.41) is 12.9. The van der Waals surface area contributed by atoms with E-state index in [9.17, 15) is 4.79 Å². The summed E-state index contributed by atoms with van der Waals surface area (Å²) >= 11 is 0. The van der Waals surface area contributed by atoms with E-state index in [1.165, 1.54) is 10.9 Å². The third-order valence-electron chi connectivity index (χ3n) is 3.25. The maximum absolute atomic E-state index is 11.8. The number of benzene rings is 1. The first-order valence-corrected chi connectivity index (χ1v) is 6.88. The number of hydrogen-bond donors (Lipinski definition) is 2. The number of oxazole rings is 1. The summed E-state index contributed by atoms with van der Waals surface area (Å²) in [5.41, 5.74) is 2.65. The van der Waals surface area contributed by atoms with Crippen molar-refractivity contribution in [3.63, 3.8) is 0 Å². The van der Waals surface area contributed by atoms with Crippen LogP contribution in [0.5, 0.6) is 0 Å². The van der Waals surface area contributed by atoms with Crippen LogP contribution in [0.15, 0.2) is 28.8 Å². The molecule has 0 saturated carbocycles. The number of hydrogen-bond acceptors (Lipinski definition) is 5. The van der Waals surface area contributed by atoms with Gasteiger partial charge in [-0.1, -0.05) is 17.3 Å². The van der Waals surface area contributed by atoms with Crippen molar-refractivity contribution in [3.05, 3.63) is 35.9 Å². The fraction of sp³-hybridized carbons (Fsp3) is 0.286. The summed E-state index contributed by atoms with van der Waals surface area (Å²) in [6, 6.07) is 5.49. The summed E-state index contributed by atoms with van der Waals surface area (Å²) in [5.74, 6) is 1.17. The van der Waals surface area contributed by atoms with Gasteiger partial charge in [-0.25, -0.2) is 14.5 Å². The Balaban J connectivity index is 1.58. The first kappa shape index (κ1) is 14.1. The number of nitrogens with zero attached hydrogens (tertiary/aromatic N) is 4. The molecule has 0 fully saturated rings. The van der Waals surface area contributed by atoms with Crippen molar-refractivity contribution in [2.75, 3.05) is 11.9 Å². The maximum atomic E-state index is 11.8. The minimum absolute atomic E-state index is 0.297. The third kappa shape index (κ3) is 2.90. The molecule has 0 saturated heterocycles. The van der Waals surface area contributed by atoms with Gasteiger partial charge in [-0.3, -0.25) is 5.32 Å². The number of amides is 2. The average molecular weight is 300 g/mol. The zero-order valence-electron chi connectivity index (χ0n) is 12.3. The molecule has 2 N–H and O–H groups in total. The molecule has 2 heterocycles. The SMILES string of the molecule is Cc1nc2c(CCNC(=O)Nc3cnnn3C)cccc2o1. The van der Waals surface area contributed by atoms with Crippen LogP contribution in [-0.4, -0.2) is 32.6 Å². The van der Waals surface area contributed by atoms with Crippen LogP contribution in [-0.2, 0) is 13.5 Å². The van der Waals surface area contributed by atoms with Crippen LogP contribution < -0.4 is 10.6 Å². The number of aryl methyl sites for hydroxylation is 2. The standard InChI is InChI=1S/C14H16N6O2/c1-9-17-13-10(4-3-5-11(13)22-9)6-7-15-14(21)18-12-8-16-19-20(12)2/h3-5,8H,6-7H2,1-2H3,(H2,15,18,21). The molecule has 0 aliphatic heterocycles. The molecule has 2 aromatic heterocycles. The zero-order chi connectivity index (χ0) is 15.5. The molecule has 8 heteroatoms. The van der Waals surface area contributed by atoms with Gasteiger partial charge in [-0.05, 0) is 18.1 Å². The molecule has 0 aliphatic carbocycles. The topological polar surface area (TPSA) is 97.9 Å². The fourth-order valence-electron chi connectivity index (χ4n) is 2.19. The van der Waals surface area contributed by atoms with Crippen molar-refractivity contribution >= 4 is 22.9 Å². The fourth-order valence-corrected chi connectivity index (χ4v) is 2.19.